The van der Waals surface area contributed by atoms with Crippen molar-refractivity contribution in [2.24, 2.45) is 0 Å². The van der Waals surface area contributed by atoms with Gasteiger partial charge in [-0.15, -0.1) is 0 Å². The summed E-state index contributed by atoms with van der Waals surface area (Å²) in [6.07, 6.45) is 0. The lowest BCUT2D eigenvalue weighted by Gasteiger charge is -2.09. The fourth-order valence-electron chi connectivity index (χ4n) is 2.13. The number of nitrogens with zero attached hydrogens (tertiary/aromatic N) is 1. The third-order valence-corrected chi connectivity index (χ3v) is 3.98. The Morgan fingerprint density at radius 3 is 2.80 bits per heavy atom. The van der Waals surface area contributed by atoms with Crippen LogP contribution in [-0.2, 0) is 0 Å². The van der Waals surface area contributed by atoms with Crippen molar-refractivity contribution in [2.75, 3.05) is 7.11 Å². The summed E-state index contributed by atoms with van der Waals surface area (Å²) >= 11 is 8.68. The molecule has 3 aromatic rings. The second-order valence-corrected chi connectivity index (χ2v) is 5.46. The number of benzene rings is 2. The van der Waals surface area contributed by atoms with Gasteiger partial charge in [-0.2, -0.15) is 0 Å². The van der Waals surface area contributed by atoms with E-state index in [2.05, 4.69) is 20.9 Å². The van der Waals surface area contributed by atoms with Gasteiger partial charge in [0, 0.05) is 10.5 Å². The summed E-state index contributed by atoms with van der Waals surface area (Å²) in [4.78, 5) is 3.07. The quantitative estimate of drug-likeness (QED) is 0.683. The number of methoxy groups -OCH3 is 1. The van der Waals surface area contributed by atoms with Crippen LogP contribution >= 0.6 is 28.1 Å². The van der Waals surface area contributed by atoms with Gasteiger partial charge in [-0.05, 0) is 52.4 Å². The SMILES string of the molecule is COc1ccc2[nH]c(=S)n(-c3c(F)cccc3Br)c2c1. The molecular formula is C14H10BrFN2OS. The number of para-hydroxylation sites is 1. The Morgan fingerprint density at radius 1 is 1.30 bits per heavy atom. The molecule has 0 spiro atoms. The normalized spacial score (nSPS) is 10.9. The summed E-state index contributed by atoms with van der Waals surface area (Å²) in [5.41, 5.74) is 1.98. The maximum atomic E-state index is 14.2. The molecular weight excluding hydrogens is 343 g/mol. The Kier molecular flexibility index (Phi) is 3.35. The van der Waals surface area contributed by atoms with Crippen molar-refractivity contribution in [2.45, 2.75) is 0 Å². The molecule has 0 unspecified atom stereocenters. The number of halogens is 2. The van der Waals surface area contributed by atoms with Gasteiger partial charge in [-0.1, -0.05) is 6.07 Å². The molecule has 3 nitrogen and oxygen atoms in total. The molecule has 1 aromatic heterocycles. The first-order valence-electron chi connectivity index (χ1n) is 5.85. The summed E-state index contributed by atoms with van der Waals surface area (Å²) in [6, 6.07) is 10.3. The van der Waals surface area contributed by atoms with Gasteiger partial charge in [0.1, 0.15) is 11.6 Å². The van der Waals surface area contributed by atoms with Crippen LogP contribution in [0, 0.1) is 10.6 Å². The number of nitrogens with one attached hydrogen (secondary N) is 1. The Morgan fingerprint density at radius 2 is 2.10 bits per heavy atom. The number of rotatable bonds is 2. The Bertz CT molecular complexity index is 836. The topological polar surface area (TPSA) is 29.9 Å². The molecule has 0 saturated heterocycles. The lowest BCUT2D eigenvalue weighted by atomic mass is 10.2. The molecule has 2 aromatic carbocycles. The number of fused-ring (bicyclic) bond motifs is 1. The second-order valence-electron chi connectivity index (χ2n) is 4.22. The number of ether oxygens (including phenoxy) is 1. The van der Waals surface area contributed by atoms with E-state index in [1.165, 1.54) is 6.07 Å². The first-order chi connectivity index (χ1) is 9.61. The van der Waals surface area contributed by atoms with E-state index in [-0.39, 0.29) is 5.82 Å². The minimum atomic E-state index is -0.348. The van der Waals surface area contributed by atoms with Crippen molar-refractivity contribution in [1.82, 2.24) is 9.55 Å². The van der Waals surface area contributed by atoms with Crippen molar-refractivity contribution in [1.29, 1.82) is 0 Å². The van der Waals surface area contributed by atoms with Crippen LogP contribution in [0.2, 0.25) is 0 Å². The summed E-state index contributed by atoms with van der Waals surface area (Å²) in [6.45, 7) is 0. The van der Waals surface area contributed by atoms with E-state index in [0.29, 0.717) is 20.7 Å². The zero-order valence-corrected chi connectivity index (χ0v) is 12.9. The van der Waals surface area contributed by atoms with E-state index >= 15 is 0 Å². The van der Waals surface area contributed by atoms with Gasteiger partial charge in [0.15, 0.2) is 4.77 Å². The molecule has 3 rings (SSSR count). The molecule has 0 aliphatic carbocycles. The zero-order chi connectivity index (χ0) is 14.3. The Balaban J connectivity index is 2.41. The largest absolute Gasteiger partial charge is 0.497 e. The molecule has 20 heavy (non-hydrogen) atoms. The molecule has 0 amide bonds. The van der Waals surface area contributed by atoms with Gasteiger partial charge in [0.25, 0.3) is 0 Å². The molecule has 102 valence electrons. The molecule has 0 fully saturated rings. The fourth-order valence-corrected chi connectivity index (χ4v) is 2.95. The van der Waals surface area contributed by atoms with Crippen molar-refractivity contribution in [3.05, 3.63) is 51.5 Å². The summed E-state index contributed by atoms with van der Waals surface area (Å²) in [5.74, 6) is 0.340. The number of aromatic amines is 1. The molecule has 0 aliphatic rings. The number of H-pyrrole nitrogens is 1. The second kappa shape index (κ2) is 5.03. The van der Waals surface area contributed by atoms with Gasteiger partial charge >= 0.3 is 0 Å². The van der Waals surface area contributed by atoms with Crippen LogP contribution < -0.4 is 4.74 Å². The van der Waals surface area contributed by atoms with Gasteiger partial charge in [0.05, 0.1) is 23.8 Å². The molecule has 1 heterocycles. The molecule has 0 radical (unpaired) electrons. The van der Waals surface area contributed by atoms with Gasteiger partial charge in [0.2, 0.25) is 0 Å². The minimum Gasteiger partial charge on any atom is -0.497 e. The Hall–Kier alpha value is -1.66. The van der Waals surface area contributed by atoms with E-state index in [9.17, 15) is 4.39 Å². The first-order valence-corrected chi connectivity index (χ1v) is 7.05. The molecule has 0 atom stereocenters. The average Bonchev–Trinajstić information content (AvgIpc) is 2.74. The highest BCUT2D eigenvalue weighted by Crippen LogP contribution is 2.29. The predicted octanol–water partition coefficient (Wildman–Crippen LogP) is 4.60. The standard InChI is InChI=1S/C14H10BrFN2OS/c1-19-8-5-6-11-12(7-8)18(14(20)17-11)13-9(15)3-2-4-10(13)16/h2-7H,1H3,(H,17,20). The van der Waals surface area contributed by atoms with Crippen LogP contribution in [0.15, 0.2) is 40.9 Å². The third-order valence-electron chi connectivity index (χ3n) is 3.05. The van der Waals surface area contributed by atoms with Crippen LogP contribution in [0.4, 0.5) is 4.39 Å². The molecule has 0 aliphatic heterocycles. The van der Waals surface area contributed by atoms with Crippen molar-refractivity contribution >= 4 is 39.2 Å². The number of aromatic nitrogens is 2. The van der Waals surface area contributed by atoms with E-state index < -0.39 is 0 Å². The van der Waals surface area contributed by atoms with Crippen LogP contribution in [0.25, 0.3) is 16.7 Å². The number of imidazole rings is 1. The van der Waals surface area contributed by atoms with Crippen molar-refractivity contribution < 1.29 is 9.13 Å². The number of hydrogen-bond donors (Lipinski definition) is 1. The lowest BCUT2D eigenvalue weighted by Crippen LogP contribution is -1.99. The average molecular weight is 353 g/mol. The number of hydrogen-bond acceptors (Lipinski definition) is 2. The van der Waals surface area contributed by atoms with Crippen molar-refractivity contribution in [3.8, 4) is 11.4 Å². The zero-order valence-electron chi connectivity index (χ0n) is 10.5. The van der Waals surface area contributed by atoms with Crippen molar-refractivity contribution in [3.63, 3.8) is 0 Å². The summed E-state index contributed by atoms with van der Waals surface area (Å²) < 4.78 is 22.1. The van der Waals surface area contributed by atoms with Gasteiger partial charge < -0.3 is 9.72 Å². The minimum absolute atomic E-state index is 0.348. The van der Waals surface area contributed by atoms with E-state index in [0.717, 1.165) is 11.0 Å². The maximum Gasteiger partial charge on any atom is 0.182 e. The van der Waals surface area contributed by atoms with E-state index in [1.807, 2.05) is 18.2 Å². The highest BCUT2D eigenvalue weighted by molar-refractivity contribution is 9.10. The van der Waals surface area contributed by atoms with Gasteiger partial charge in [-0.25, -0.2) is 4.39 Å². The van der Waals surface area contributed by atoms with Crippen LogP contribution in [0.5, 0.6) is 5.75 Å². The van der Waals surface area contributed by atoms with Crippen LogP contribution in [0.1, 0.15) is 0 Å². The van der Waals surface area contributed by atoms with Crippen LogP contribution in [-0.4, -0.2) is 16.7 Å². The Labute approximate surface area is 128 Å². The summed E-state index contributed by atoms with van der Waals surface area (Å²) in [7, 11) is 1.59. The van der Waals surface area contributed by atoms with E-state index in [4.69, 9.17) is 17.0 Å². The highest BCUT2D eigenvalue weighted by atomic mass is 79.9. The van der Waals surface area contributed by atoms with Gasteiger partial charge in [-0.3, -0.25) is 4.57 Å². The highest BCUT2D eigenvalue weighted by Gasteiger charge is 2.14. The predicted molar refractivity (Wildman–Crippen MR) is 82.7 cm³/mol. The molecule has 1 N–H and O–H groups in total. The molecule has 0 saturated carbocycles. The molecule has 6 heteroatoms. The fraction of sp³-hybridized carbons (Fsp3) is 0.0714. The molecule has 0 bridgehead atoms. The third kappa shape index (κ3) is 2.05. The maximum absolute atomic E-state index is 14.2. The first kappa shape index (κ1) is 13.3. The monoisotopic (exact) mass is 352 g/mol. The summed E-state index contributed by atoms with van der Waals surface area (Å²) in [5, 5.41) is 0. The van der Waals surface area contributed by atoms with Crippen LogP contribution in [0.3, 0.4) is 0 Å². The smallest absolute Gasteiger partial charge is 0.182 e. The van der Waals surface area contributed by atoms with E-state index in [1.54, 1.807) is 23.8 Å². The lowest BCUT2D eigenvalue weighted by molar-refractivity contribution is 0.415.